The number of thiol groups is 1. The Morgan fingerprint density at radius 3 is 1.59 bits per heavy atom. The van der Waals surface area contributed by atoms with Crippen molar-refractivity contribution in [1.82, 2.24) is 51.6 Å². The number of amides is 10. The van der Waals surface area contributed by atoms with Crippen molar-refractivity contribution in [3.63, 3.8) is 0 Å². The van der Waals surface area contributed by atoms with E-state index in [4.69, 9.17) is 11.5 Å². The Kier molecular flexibility index (Phi) is 25.9. The fraction of sp³-hybridized carbons (Fsp3) is 0.642. The first kappa shape index (κ1) is 65.7. The minimum atomic E-state index is -1.59. The lowest BCUT2D eigenvalue weighted by molar-refractivity contribution is -0.146. The summed E-state index contributed by atoms with van der Waals surface area (Å²) in [5.41, 5.74) is 13.5. The van der Waals surface area contributed by atoms with E-state index in [1.807, 2.05) is 50.6 Å². The summed E-state index contributed by atoms with van der Waals surface area (Å²) in [4.78, 5) is 156. The Labute approximate surface area is 485 Å². The number of H-pyrrole nitrogens is 1. The number of aromatic nitrogens is 1. The number of hydrogen-bond acceptors (Lipinski definition) is 16. The molecule has 13 N–H and O–H groups in total. The van der Waals surface area contributed by atoms with Gasteiger partial charge in [-0.1, -0.05) is 32.0 Å². The highest BCUT2D eigenvalue weighted by molar-refractivity contribution is 7.98. The van der Waals surface area contributed by atoms with Crippen LogP contribution < -0.4 is 43.4 Å². The van der Waals surface area contributed by atoms with E-state index < -0.39 is 138 Å². The molecule has 3 saturated heterocycles. The highest BCUT2D eigenvalue weighted by Crippen LogP contribution is 2.25. The Morgan fingerprint density at radius 2 is 1.11 bits per heavy atom. The molecule has 3 aliphatic heterocycles. The Bertz CT molecular complexity index is 2570. The second kappa shape index (κ2) is 31.9. The average Bonchev–Trinajstić information content (AvgIpc) is 4.38. The predicted molar refractivity (Wildman–Crippen MR) is 308 cm³/mol. The van der Waals surface area contributed by atoms with Gasteiger partial charge in [-0.2, -0.15) is 36.2 Å². The number of rotatable bonds is 31. The Balaban J connectivity index is 1.22. The number of likely N-dealkylation sites (tertiary alicyclic amines) is 3. The molecule has 28 heteroatoms. The van der Waals surface area contributed by atoms with Gasteiger partial charge >= 0.3 is 5.97 Å². The number of carbonyl (C=O) groups is 11. The molecule has 2 aromatic rings. The molecule has 3 aliphatic rings. The van der Waals surface area contributed by atoms with Crippen molar-refractivity contribution in [2.75, 3.05) is 56.0 Å². The monoisotopic (exact) mass is 1190 g/mol. The number of fused-ring (bicyclic) bond motifs is 1. The molecule has 81 heavy (non-hydrogen) atoms. The van der Waals surface area contributed by atoms with Crippen molar-refractivity contribution in [2.45, 2.75) is 151 Å². The normalized spacial score (nSPS) is 19.7. The third kappa shape index (κ3) is 18.2. The molecule has 1 aromatic carbocycles. The number of aromatic amines is 1. The Hall–Kier alpha value is -6.10. The van der Waals surface area contributed by atoms with E-state index in [-0.39, 0.29) is 69.8 Å². The van der Waals surface area contributed by atoms with Crippen molar-refractivity contribution in [2.24, 2.45) is 17.4 Å². The molecule has 25 nitrogen and oxygen atoms in total. The molecule has 0 bridgehead atoms. The smallest absolute Gasteiger partial charge is 0.303 e. The van der Waals surface area contributed by atoms with Crippen LogP contribution in [0.2, 0.25) is 0 Å². The van der Waals surface area contributed by atoms with Gasteiger partial charge < -0.3 is 73.3 Å². The third-order valence-electron chi connectivity index (χ3n) is 14.7. The molecular weight excluding hydrogens is 1110 g/mol. The highest BCUT2D eigenvalue weighted by atomic mass is 32.2. The summed E-state index contributed by atoms with van der Waals surface area (Å²) in [6.07, 6.45) is 7.11. The molecule has 0 radical (unpaired) electrons. The van der Waals surface area contributed by atoms with Crippen molar-refractivity contribution in [1.29, 1.82) is 0 Å². The van der Waals surface area contributed by atoms with E-state index >= 15 is 0 Å². The number of aliphatic carboxylic acids is 1. The van der Waals surface area contributed by atoms with Crippen molar-refractivity contribution in [3.8, 4) is 0 Å². The first-order valence-corrected chi connectivity index (χ1v) is 30.8. The molecule has 10 amide bonds. The van der Waals surface area contributed by atoms with Gasteiger partial charge in [0.1, 0.15) is 54.4 Å². The number of nitrogens with zero attached hydrogens (tertiary/aromatic N) is 3. The second-order valence-electron chi connectivity index (χ2n) is 21.0. The fourth-order valence-electron chi connectivity index (χ4n) is 10.4. The zero-order valence-electron chi connectivity index (χ0n) is 46.3. The van der Waals surface area contributed by atoms with E-state index in [0.717, 1.165) is 16.5 Å². The molecule has 0 saturated carbocycles. The zero-order valence-corrected chi connectivity index (χ0v) is 48.8. The number of nitrogens with two attached hydrogens (primary N) is 2. The number of carboxylic acid groups (broad SMARTS) is 1. The first-order valence-electron chi connectivity index (χ1n) is 27.4. The highest BCUT2D eigenvalue weighted by Gasteiger charge is 2.44. The minimum absolute atomic E-state index is 0.0454. The van der Waals surface area contributed by atoms with Gasteiger partial charge in [0.15, 0.2) is 0 Å². The van der Waals surface area contributed by atoms with Gasteiger partial charge in [0.05, 0.1) is 12.6 Å². The summed E-state index contributed by atoms with van der Waals surface area (Å²) in [5.74, 6) is -7.73. The SMILES string of the molecule is CSCC[C@H](NC(=O)[C@@H]1CCCN1C(=O)[C@H](CCSC)NC(=O)[C@@H]1CCCN1C(=O)[C@H](CCC(=O)O)NC(=O)[C@@H]1CCCN1C(=O)[C@H](CS)NC(=O)[C@H](CO)NC(=O)[C@H](CC(C)C)NC(=O)[C@@H](N)Cc1c[nH]c2ccccc12)C(N)=O. The number of carboxylic acids is 1. The molecule has 0 unspecified atom stereocenters. The summed E-state index contributed by atoms with van der Waals surface area (Å²) in [7, 11) is 0. The van der Waals surface area contributed by atoms with Crippen LogP contribution in [-0.4, -0.2) is 211 Å². The van der Waals surface area contributed by atoms with Crippen LogP contribution in [0.15, 0.2) is 30.5 Å². The van der Waals surface area contributed by atoms with E-state index in [2.05, 4.69) is 49.5 Å². The summed E-state index contributed by atoms with van der Waals surface area (Å²) in [5, 5.41) is 36.7. The van der Waals surface area contributed by atoms with Crippen LogP contribution in [0.25, 0.3) is 10.9 Å². The average molecular weight is 1190 g/mol. The molecule has 10 atom stereocenters. The van der Waals surface area contributed by atoms with Crippen LogP contribution >= 0.6 is 36.2 Å². The van der Waals surface area contributed by atoms with Gasteiger partial charge in [-0.3, -0.25) is 52.7 Å². The maximum Gasteiger partial charge on any atom is 0.303 e. The maximum absolute atomic E-state index is 14.4. The third-order valence-corrected chi connectivity index (χ3v) is 16.3. The van der Waals surface area contributed by atoms with Crippen LogP contribution in [-0.2, 0) is 59.2 Å². The number of nitrogens with one attached hydrogen (secondary N) is 7. The van der Waals surface area contributed by atoms with E-state index in [1.54, 1.807) is 6.20 Å². The molecule has 4 heterocycles. The number of hydrogen-bond donors (Lipinski definition) is 12. The minimum Gasteiger partial charge on any atom is -0.481 e. The number of primary amides is 1. The van der Waals surface area contributed by atoms with Crippen molar-refractivity contribution >= 4 is 112 Å². The molecule has 5 rings (SSSR count). The number of aliphatic hydroxyl groups is 1. The van der Waals surface area contributed by atoms with Gasteiger partial charge in [-0.15, -0.1) is 0 Å². The fourth-order valence-corrected chi connectivity index (χ4v) is 11.6. The topological polar surface area (TPSA) is 378 Å². The zero-order chi connectivity index (χ0) is 59.5. The van der Waals surface area contributed by atoms with Crippen LogP contribution in [0.4, 0.5) is 0 Å². The quantitative estimate of drug-likeness (QED) is 0.0392. The van der Waals surface area contributed by atoms with Gasteiger partial charge in [0, 0.05) is 48.9 Å². The molecule has 0 aliphatic carbocycles. The van der Waals surface area contributed by atoms with Gasteiger partial charge in [0.2, 0.25) is 59.1 Å². The summed E-state index contributed by atoms with van der Waals surface area (Å²) < 4.78 is 0. The van der Waals surface area contributed by atoms with E-state index in [9.17, 15) is 63.0 Å². The number of benzene rings is 1. The number of aliphatic hydroxyl groups excluding tert-OH is 1. The molecule has 448 valence electrons. The number of carbonyl (C=O) groups excluding carboxylic acids is 10. The Morgan fingerprint density at radius 1 is 0.654 bits per heavy atom. The number of thioether (sulfide) groups is 2. The van der Waals surface area contributed by atoms with Gasteiger partial charge in [-0.25, -0.2) is 0 Å². The molecule has 0 spiro atoms. The molecule has 1 aromatic heterocycles. The lowest BCUT2D eigenvalue weighted by atomic mass is 10.0. The lowest BCUT2D eigenvalue weighted by Gasteiger charge is -2.33. The van der Waals surface area contributed by atoms with Crippen molar-refractivity contribution < 1.29 is 63.0 Å². The van der Waals surface area contributed by atoms with Crippen LogP contribution in [0.3, 0.4) is 0 Å². The van der Waals surface area contributed by atoms with Crippen LogP contribution in [0, 0.1) is 5.92 Å². The van der Waals surface area contributed by atoms with Gasteiger partial charge in [-0.05, 0) is 112 Å². The largest absolute Gasteiger partial charge is 0.481 e. The lowest BCUT2D eigenvalue weighted by Crippen LogP contribution is -2.61. The first-order chi connectivity index (χ1) is 38.6. The van der Waals surface area contributed by atoms with Crippen molar-refractivity contribution in [3.05, 3.63) is 36.0 Å². The van der Waals surface area contributed by atoms with Gasteiger partial charge in [0.25, 0.3) is 0 Å². The maximum atomic E-state index is 14.4. The predicted octanol–water partition coefficient (Wildman–Crippen LogP) is -1.26. The standard InChI is InChI=1S/C53H80N12O13S3/c1-29(2)24-37(60-45(70)32(54)25-30-26-56-33-11-6-5-10-31(30)33)46(71)61-38(27-66)47(72)62-39(28-79)53(78)65-21-9-14-42(65)49(74)58-35(15-16-43(67)68)51(76)63-19-8-13-41(63)50(75)59-36(18-23-81-4)52(77)64-20-7-12-40(64)48(73)57-34(44(55)69)17-22-80-3/h5-6,10-11,26,29,32,34-42,56,66,79H,7-9,12-25,27-28,54H2,1-4H3,(H2,55,69)(H,57,73)(H,58,74)(H,59,75)(H,60,70)(H,61,71)(H,62,72)(H,67,68)/t32-,34-,35-,36-,37-,38-,39-,40-,41-,42-/m0/s1. The van der Waals surface area contributed by atoms with Crippen LogP contribution in [0.5, 0.6) is 0 Å². The summed E-state index contributed by atoms with van der Waals surface area (Å²) >= 11 is 7.21. The number of para-hydroxylation sites is 1. The molecule has 3 fully saturated rings. The summed E-state index contributed by atoms with van der Waals surface area (Å²) in [6, 6.07) is -4.38. The van der Waals surface area contributed by atoms with Crippen LogP contribution in [0.1, 0.15) is 90.0 Å². The van der Waals surface area contributed by atoms with E-state index in [1.165, 1.54) is 38.2 Å². The molecular formula is C53H80N12O13S3. The second-order valence-corrected chi connectivity index (χ2v) is 23.3. The summed E-state index contributed by atoms with van der Waals surface area (Å²) in [6.45, 7) is 3.08. The van der Waals surface area contributed by atoms with E-state index in [0.29, 0.717) is 43.6 Å².